The Labute approximate surface area is 120 Å². The van der Waals surface area contributed by atoms with Crippen LogP contribution in [0.1, 0.15) is 44.3 Å². The maximum Gasteiger partial charge on any atom is 0.0953 e. The average molecular weight is 275 g/mol. The van der Waals surface area contributed by atoms with E-state index in [2.05, 4.69) is 52.4 Å². The third-order valence-corrected chi connectivity index (χ3v) is 3.60. The summed E-state index contributed by atoms with van der Waals surface area (Å²) >= 11 is 0. The molecule has 110 valence electrons. The SMILES string of the molecule is CCc1cc(Cn2cnc(CC(N)CC)c2)n(CC)n1. The van der Waals surface area contributed by atoms with Gasteiger partial charge in [-0.15, -0.1) is 0 Å². The van der Waals surface area contributed by atoms with Gasteiger partial charge in [0.2, 0.25) is 0 Å². The van der Waals surface area contributed by atoms with Gasteiger partial charge in [-0.1, -0.05) is 13.8 Å². The number of aryl methyl sites for hydroxylation is 2. The van der Waals surface area contributed by atoms with E-state index in [1.807, 2.05) is 6.33 Å². The highest BCUT2D eigenvalue weighted by Crippen LogP contribution is 2.09. The second-order valence-corrected chi connectivity index (χ2v) is 5.21. The van der Waals surface area contributed by atoms with Crippen LogP contribution in [0.5, 0.6) is 0 Å². The number of aromatic nitrogens is 4. The van der Waals surface area contributed by atoms with Crippen molar-refractivity contribution in [3.63, 3.8) is 0 Å². The van der Waals surface area contributed by atoms with Crippen molar-refractivity contribution in [2.45, 2.75) is 59.2 Å². The molecule has 0 bridgehead atoms. The molecule has 0 amide bonds. The van der Waals surface area contributed by atoms with Gasteiger partial charge >= 0.3 is 0 Å². The highest BCUT2D eigenvalue weighted by Gasteiger charge is 2.08. The molecule has 2 N–H and O–H groups in total. The maximum absolute atomic E-state index is 5.97. The van der Waals surface area contributed by atoms with E-state index in [0.717, 1.165) is 43.7 Å². The summed E-state index contributed by atoms with van der Waals surface area (Å²) in [5.74, 6) is 0. The summed E-state index contributed by atoms with van der Waals surface area (Å²) in [6, 6.07) is 2.38. The van der Waals surface area contributed by atoms with E-state index >= 15 is 0 Å². The summed E-state index contributed by atoms with van der Waals surface area (Å²) in [7, 11) is 0. The number of hydrogen-bond donors (Lipinski definition) is 1. The molecule has 2 heterocycles. The molecule has 1 atom stereocenters. The molecule has 0 saturated heterocycles. The zero-order chi connectivity index (χ0) is 14.5. The quantitative estimate of drug-likeness (QED) is 0.840. The number of nitrogens with zero attached hydrogens (tertiary/aromatic N) is 4. The predicted octanol–water partition coefficient (Wildman–Crippen LogP) is 1.99. The minimum atomic E-state index is 0.200. The van der Waals surface area contributed by atoms with E-state index in [0.29, 0.717) is 0 Å². The van der Waals surface area contributed by atoms with E-state index in [1.165, 1.54) is 5.69 Å². The Bertz CT molecular complexity index is 540. The monoisotopic (exact) mass is 275 g/mol. The van der Waals surface area contributed by atoms with Crippen LogP contribution in [0.2, 0.25) is 0 Å². The zero-order valence-electron chi connectivity index (χ0n) is 12.7. The Morgan fingerprint density at radius 3 is 2.70 bits per heavy atom. The highest BCUT2D eigenvalue weighted by atomic mass is 15.3. The molecule has 0 aromatic carbocycles. The summed E-state index contributed by atoms with van der Waals surface area (Å²) < 4.78 is 4.18. The standard InChI is InChI=1S/C15H25N5/c1-4-12(16)7-14-9-19(11-17-14)10-15-8-13(5-2)18-20(15)6-3/h8-9,11-12H,4-7,10,16H2,1-3H3. The molecule has 0 aliphatic heterocycles. The van der Waals surface area contributed by atoms with Crippen LogP contribution >= 0.6 is 0 Å². The van der Waals surface area contributed by atoms with Crippen LogP contribution in [0.15, 0.2) is 18.6 Å². The smallest absolute Gasteiger partial charge is 0.0953 e. The zero-order valence-corrected chi connectivity index (χ0v) is 12.7. The molecule has 2 aromatic rings. The van der Waals surface area contributed by atoms with E-state index < -0.39 is 0 Å². The van der Waals surface area contributed by atoms with Crippen LogP contribution in [0.25, 0.3) is 0 Å². The first-order chi connectivity index (χ1) is 9.66. The molecule has 20 heavy (non-hydrogen) atoms. The third kappa shape index (κ3) is 3.48. The molecular weight excluding hydrogens is 250 g/mol. The van der Waals surface area contributed by atoms with E-state index in [1.54, 1.807) is 0 Å². The van der Waals surface area contributed by atoms with Crippen LogP contribution in [0.3, 0.4) is 0 Å². The molecule has 5 heteroatoms. The predicted molar refractivity (Wildman–Crippen MR) is 80.6 cm³/mol. The summed E-state index contributed by atoms with van der Waals surface area (Å²) in [4.78, 5) is 4.44. The van der Waals surface area contributed by atoms with Crippen molar-refractivity contribution < 1.29 is 0 Å². The highest BCUT2D eigenvalue weighted by molar-refractivity contribution is 5.12. The maximum atomic E-state index is 5.97. The van der Waals surface area contributed by atoms with Gasteiger partial charge in [0.05, 0.1) is 30.0 Å². The van der Waals surface area contributed by atoms with Crippen molar-refractivity contribution in [1.29, 1.82) is 0 Å². The molecule has 0 saturated carbocycles. The minimum absolute atomic E-state index is 0.200. The molecule has 0 aliphatic carbocycles. The minimum Gasteiger partial charge on any atom is -0.331 e. The van der Waals surface area contributed by atoms with Gasteiger partial charge in [0.1, 0.15) is 0 Å². The number of imidazole rings is 1. The van der Waals surface area contributed by atoms with Gasteiger partial charge in [-0.2, -0.15) is 5.10 Å². The number of nitrogens with two attached hydrogens (primary N) is 1. The topological polar surface area (TPSA) is 61.7 Å². The Balaban J connectivity index is 2.08. The molecule has 0 fully saturated rings. The molecular formula is C15H25N5. The first-order valence-corrected chi connectivity index (χ1v) is 7.48. The molecule has 5 nitrogen and oxygen atoms in total. The fourth-order valence-corrected chi connectivity index (χ4v) is 2.29. The first-order valence-electron chi connectivity index (χ1n) is 7.48. The van der Waals surface area contributed by atoms with Crippen molar-refractivity contribution >= 4 is 0 Å². The summed E-state index contributed by atoms with van der Waals surface area (Å²) in [5.41, 5.74) is 9.42. The fraction of sp³-hybridized carbons (Fsp3) is 0.600. The Morgan fingerprint density at radius 2 is 2.05 bits per heavy atom. The fourth-order valence-electron chi connectivity index (χ4n) is 2.29. The summed E-state index contributed by atoms with van der Waals surface area (Å²) in [6.45, 7) is 8.07. The second kappa shape index (κ2) is 6.70. The Kier molecular flexibility index (Phi) is 4.95. The van der Waals surface area contributed by atoms with Gasteiger partial charge in [-0.3, -0.25) is 4.68 Å². The van der Waals surface area contributed by atoms with Gasteiger partial charge in [0.25, 0.3) is 0 Å². The Morgan fingerprint density at radius 1 is 1.25 bits per heavy atom. The van der Waals surface area contributed by atoms with Crippen LogP contribution < -0.4 is 5.73 Å². The van der Waals surface area contributed by atoms with Gasteiger partial charge in [0.15, 0.2) is 0 Å². The van der Waals surface area contributed by atoms with Crippen LogP contribution in [0, 0.1) is 0 Å². The van der Waals surface area contributed by atoms with Crippen molar-refractivity contribution in [1.82, 2.24) is 19.3 Å². The third-order valence-electron chi connectivity index (χ3n) is 3.60. The van der Waals surface area contributed by atoms with Crippen LogP contribution in [0.4, 0.5) is 0 Å². The van der Waals surface area contributed by atoms with E-state index in [9.17, 15) is 0 Å². The lowest BCUT2D eigenvalue weighted by molar-refractivity contribution is 0.594. The summed E-state index contributed by atoms with van der Waals surface area (Å²) in [6.07, 6.45) is 6.77. The van der Waals surface area contributed by atoms with Gasteiger partial charge in [-0.05, 0) is 25.8 Å². The second-order valence-electron chi connectivity index (χ2n) is 5.21. The normalized spacial score (nSPS) is 12.8. The van der Waals surface area contributed by atoms with Crippen molar-refractivity contribution in [3.05, 3.63) is 35.7 Å². The Hall–Kier alpha value is -1.62. The van der Waals surface area contributed by atoms with Gasteiger partial charge in [-0.25, -0.2) is 4.98 Å². The van der Waals surface area contributed by atoms with Gasteiger partial charge < -0.3 is 10.3 Å². The lowest BCUT2D eigenvalue weighted by atomic mass is 10.1. The molecule has 0 spiro atoms. The molecule has 2 rings (SSSR count). The lowest BCUT2D eigenvalue weighted by Gasteiger charge is -2.06. The molecule has 0 aliphatic rings. The van der Waals surface area contributed by atoms with Crippen molar-refractivity contribution in [2.24, 2.45) is 5.73 Å². The molecule has 0 radical (unpaired) electrons. The molecule has 1 unspecified atom stereocenters. The summed E-state index contributed by atoms with van der Waals surface area (Å²) in [5, 5.41) is 4.57. The number of hydrogen-bond acceptors (Lipinski definition) is 3. The molecule has 2 aromatic heterocycles. The van der Waals surface area contributed by atoms with Crippen molar-refractivity contribution in [3.8, 4) is 0 Å². The van der Waals surface area contributed by atoms with E-state index in [4.69, 9.17) is 5.73 Å². The average Bonchev–Trinajstić information content (AvgIpc) is 3.05. The van der Waals surface area contributed by atoms with E-state index in [-0.39, 0.29) is 6.04 Å². The van der Waals surface area contributed by atoms with Crippen LogP contribution in [-0.2, 0) is 25.9 Å². The van der Waals surface area contributed by atoms with Crippen molar-refractivity contribution in [2.75, 3.05) is 0 Å². The van der Waals surface area contributed by atoms with Gasteiger partial charge in [0, 0.05) is 25.2 Å². The largest absolute Gasteiger partial charge is 0.331 e. The lowest BCUT2D eigenvalue weighted by Crippen LogP contribution is -2.21. The van der Waals surface area contributed by atoms with Crippen LogP contribution in [-0.4, -0.2) is 25.4 Å². The first kappa shape index (κ1) is 14.8. The number of rotatable bonds is 7.